The van der Waals surface area contributed by atoms with Crippen LogP contribution in [0, 0.1) is 0 Å². The van der Waals surface area contributed by atoms with Crippen LogP contribution in [-0.2, 0) is 17.9 Å². The summed E-state index contributed by atoms with van der Waals surface area (Å²) in [7, 11) is 0. The molecule has 1 aromatic carbocycles. The lowest BCUT2D eigenvalue weighted by molar-refractivity contribution is 0.104. The van der Waals surface area contributed by atoms with Crippen molar-refractivity contribution in [3.05, 3.63) is 59.5 Å². The molecule has 1 N–H and O–H groups in total. The zero-order valence-corrected chi connectivity index (χ0v) is 12.4. The summed E-state index contributed by atoms with van der Waals surface area (Å²) in [6, 6.07) is 12.8. The maximum absolute atomic E-state index is 5.56. The first-order chi connectivity index (χ1) is 10.4. The Morgan fingerprint density at radius 3 is 2.95 bits per heavy atom. The number of hydrogen-bond acceptors (Lipinski definition) is 3. The molecule has 1 aliphatic rings. The Morgan fingerprint density at radius 2 is 2.14 bits per heavy atom. The first-order valence-corrected chi connectivity index (χ1v) is 7.81. The van der Waals surface area contributed by atoms with Gasteiger partial charge in [-0.25, -0.2) is 0 Å². The van der Waals surface area contributed by atoms with E-state index in [1.165, 1.54) is 24.0 Å². The Labute approximate surface area is 126 Å². The highest BCUT2D eigenvalue weighted by Crippen LogP contribution is 2.40. The van der Waals surface area contributed by atoms with E-state index in [1.54, 1.807) is 6.26 Å². The van der Waals surface area contributed by atoms with Crippen molar-refractivity contribution in [1.29, 1.82) is 0 Å². The molecule has 1 fully saturated rings. The molecule has 3 heteroatoms. The van der Waals surface area contributed by atoms with Crippen LogP contribution in [0.3, 0.4) is 0 Å². The smallest absolute Gasteiger partial charge is 0.129 e. The Hall–Kier alpha value is -1.58. The summed E-state index contributed by atoms with van der Waals surface area (Å²) in [5, 5.41) is 3.48. The average molecular weight is 285 g/mol. The molecule has 1 heterocycles. The predicted molar refractivity (Wildman–Crippen MR) is 83.1 cm³/mol. The topological polar surface area (TPSA) is 34.4 Å². The lowest BCUT2D eigenvalue weighted by atomic mass is 10.1. The van der Waals surface area contributed by atoms with Crippen LogP contribution in [0.4, 0.5) is 0 Å². The van der Waals surface area contributed by atoms with Crippen molar-refractivity contribution >= 4 is 0 Å². The van der Waals surface area contributed by atoms with E-state index in [1.807, 2.05) is 12.1 Å². The summed E-state index contributed by atoms with van der Waals surface area (Å²) in [6.07, 6.45) is 5.42. The molecule has 112 valence electrons. The molecule has 0 bridgehead atoms. The molecule has 0 aliphatic heterocycles. The molecule has 0 atom stereocenters. The van der Waals surface area contributed by atoms with Crippen LogP contribution >= 0.6 is 0 Å². The van der Waals surface area contributed by atoms with Crippen molar-refractivity contribution in [3.63, 3.8) is 0 Å². The Kier molecular flexibility index (Phi) is 5.08. The number of benzene rings is 1. The Bertz CT molecular complexity index is 532. The third-order valence-corrected chi connectivity index (χ3v) is 3.80. The van der Waals surface area contributed by atoms with Crippen LogP contribution in [0.1, 0.15) is 42.1 Å². The van der Waals surface area contributed by atoms with Gasteiger partial charge in [0.1, 0.15) is 12.4 Å². The molecular weight excluding hydrogens is 262 g/mol. The van der Waals surface area contributed by atoms with Gasteiger partial charge >= 0.3 is 0 Å². The zero-order chi connectivity index (χ0) is 14.3. The molecule has 1 aromatic heterocycles. The molecule has 0 saturated heterocycles. The van der Waals surface area contributed by atoms with Crippen molar-refractivity contribution in [2.75, 3.05) is 13.2 Å². The minimum Gasteiger partial charge on any atom is -0.467 e. The second kappa shape index (κ2) is 7.43. The van der Waals surface area contributed by atoms with Crippen LogP contribution in [0.15, 0.2) is 47.1 Å². The van der Waals surface area contributed by atoms with Crippen molar-refractivity contribution < 1.29 is 9.15 Å². The third kappa shape index (κ3) is 4.73. The predicted octanol–water partition coefficient (Wildman–Crippen LogP) is 3.85. The summed E-state index contributed by atoms with van der Waals surface area (Å²) < 4.78 is 10.8. The maximum atomic E-state index is 5.56. The lowest BCUT2D eigenvalue weighted by Gasteiger charge is -2.07. The summed E-state index contributed by atoms with van der Waals surface area (Å²) in [4.78, 5) is 0. The lowest BCUT2D eigenvalue weighted by Crippen LogP contribution is -2.16. The van der Waals surface area contributed by atoms with Crippen molar-refractivity contribution in [3.8, 4) is 0 Å². The zero-order valence-electron chi connectivity index (χ0n) is 12.4. The minimum absolute atomic E-state index is 0.566. The van der Waals surface area contributed by atoms with E-state index < -0.39 is 0 Å². The third-order valence-electron chi connectivity index (χ3n) is 3.80. The second-order valence-corrected chi connectivity index (χ2v) is 5.68. The number of furan rings is 1. The second-order valence-electron chi connectivity index (χ2n) is 5.68. The van der Waals surface area contributed by atoms with E-state index >= 15 is 0 Å². The summed E-state index contributed by atoms with van der Waals surface area (Å²) in [6.45, 7) is 3.25. The molecule has 1 aliphatic carbocycles. The van der Waals surface area contributed by atoms with Gasteiger partial charge in [-0.3, -0.25) is 0 Å². The standard InChI is InChI=1S/C18H23NO2/c1-4-15(12-17(5-1)16-7-8-16)13-19-9-3-10-20-14-18-6-2-11-21-18/h1-2,4-6,11-12,16,19H,3,7-10,13-14H2. The molecule has 3 rings (SSSR count). The first kappa shape index (κ1) is 14.4. The fraction of sp³-hybridized carbons (Fsp3) is 0.444. The van der Waals surface area contributed by atoms with Gasteiger partial charge in [-0.15, -0.1) is 0 Å². The summed E-state index contributed by atoms with van der Waals surface area (Å²) in [5.41, 5.74) is 2.90. The molecule has 0 spiro atoms. The van der Waals surface area contributed by atoms with Gasteiger partial charge in [0.25, 0.3) is 0 Å². The van der Waals surface area contributed by atoms with E-state index in [-0.39, 0.29) is 0 Å². The molecule has 3 nitrogen and oxygen atoms in total. The van der Waals surface area contributed by atoms with Crippen molar-refractivity contribution in [2.45, 2.75) is 38.3 Å². The average Bonchev–Trinajstić information content (AvgIpc) is 3.24. The van der Waals surface area contributed by atoms with Crippen LogP contribution in [0.25, 0.3) is 0 Å². The van der Waals surface area contributed by atoms with Gasteiger partial charge < -0.3 is 14.5 Å². The fourth-order valence-electron chi connectivity index (χ4n) is 2.47. The van der Waals surface area contributed by atoms with Crippen molar-refractivity contribution in [2.24, 2.45) is 0 Å². The largest absolute Gasteiger partial charge is 0.467 e. The number of ether oxygens (including phenoxy) is 1. The Morgan fingerprint density at radius 1 is 1.19 bits per heavy atom. The van der Waals surface area contributed by atoms with Gasteiger partial charge in [-0.05, 0) is 55.0 Å². The quantitative estimate of drug-likeness (QED) is 0.711. The molecule has 0 amide bonds. The molecular formula is C18H23NO2. The molecule has 2 aromatic rings. The van der Waals surface area contributed by atoms with E-state index in [0.29, 0.717) is 6.61 Å². The normalized spacial score (nSPS) is 14.5. The Balaban J connectivity index is 1.27. The van der Waals surface area contributed by atoms with Crippen molar-refractivity contribution in [1.82, 2.24) is 5.32 Å². The molecule has 0 radical (unpaired) electrons. The fourth-order valence-corrected chi connectivity index (χ4v) is 2.47. The van der Waals surface area contributed by atoms with Crippen LogP contribution in [-0.4, -0.2) is 13.2 Å². The molecule has 21 heavy (non-hydrogen) atoms. The maximum Gasteiger partial charge on any atom is 0.129 e. The van der Waals surface area contributed by atoms with E-state index in [2.05, 4.69) is 29.6 Å². The van der Waals surface area contributed by atoms with Gasteiger partial charge in [0.05, 0.1) is 6.26 Å². The van der Waals surface area contributed by atoms with E-state index in [4.69, 9.17) is 9.15 Å². The SMILES string of the molecule is c1cc(CNCCCOCc2ccco2)cc(C2CC2)c1. The van der Waals surface area contributed by atoms with Crippen LogP contribution in [0.2, 0.25) is 0 Å². The van der Waals surface area contributed by atoms with Gasteiger partial charge in [0.15, 0.2) is 0 Å². The van der Waals surface area contributed by atoms with Crippen LogP contribution < -0.4 is 5.32 Å². The van der Waals surface area contributed by atoms with Gasteiger partial charge in [-0.2, -0.15) is 0 Å². The monoisotopic (exact) mass is 285 g/mol. The number of nitrogens with one attached hydrogen (secondary N) is 1. The minimum atomic E-state index is 0.566. The highest BCUT2D eigenvalue weighted by Gasteiger charge is 2.23. The summed E-state index contributed by atoms with van der Waals surface area (Å²) >= 11 is 0. The summed E-state index contributed by atoms with van der Waals surface area (Å²) in [5.74, 6) is 1.72. The highest BCUT2D eigenvalue weighted by molar-refractivity contribution is 5.29. The highest BCUT2D eigenvalue weighted by atomic mass is 16.5. The molecule has 1 saturated carbocycles. The van der Waals surface area contributed by atoms with Crippen LogP contribution in [0.5, 0.6) is 0 Å². The number of hydrogen-bond donors (Lipinski definition) is 1. The van der Waals surface area contributed by atoms with E-state index in [0.717, 1.165) is 37.8 Å². The van der Waals surface area contributed by atoms with Gasteiger partial charge in [0, 0.05) is 13.2 Å². The van der Waals surface area contributed by atoms with Gasteiger partial charge in [-0.1, -0.05) is 24.3 Å². The first-order valence-electron chi connectivity index (χ1n) is 7.81. The van der Waals surface area contributed by atoms with E-state index in [9.17, 15) is 0 Å². The number of rotatable bonds is 9. The molecule has 0 unspecified atom stereocenters. The van der Waals surface area contributed by atoms with Gasteiger partial charge in [0.2, 0.25) is 0 Å².